The zero-order valence-corrected chi connectivity index (χ0v) is 20.2. The molecule has 1 spiro atoms. The Bertz CT molecular complexity index is 1390. The van der Waals surface area contributed by atoms with Crippen LogP contribution in [0.15, 0.2) is 31.0 Å². The molecular weight excluding hydrogens is 436 g/mol. The highest BCUT2D eigenvalue weighted by atomic mass is 16.2. The normalized spacial score (nSPS) is 18.7. The van der Waals surface area contributed by atoms with Crippen LogP contribution in [0, 0.1) is 23.7 Å². The number of aromatic nitrogens is 3. The van der Waals surface area contributed by atoms with Crippen LogP contribution in [0.5, 0.6) is 0 Å². The summed E-state index contributed by atoms with van der Waals surface area (Å²) in [5.41, 5.74) is 7.43. The monoisotopic (exact) mass is 466 g/mol. The van der Waals surface area contributed by atoms with Gasteiger partial charge in [-0.15, -0.1) is 0 Å². The van der Waals surface area contributed by atoms with Crippen molar-refractivity contribution in [2.24, 2.45) is 5.41 Å². The highest BCUT2D eigenvalue weighted by Crippen LogP contribution is 2.45. The third-order valence-electron chi connectivity index (χ3n) is 8.18. The molecule has 35 heavy (non-hydrogen) atoms. The molecule has 4 heterocycles. The van der Waals surface area contributed by atoms with Gasteiger partial charge < -0.3 is 9.80 Å². The summed E-state index contributed by atoms with van der Waals surface area (Å²) in [5.74, 6) is 0.814. The van der Waals surface area contributed by atoms with E-state index in [2.05, 4.69) is 46.8 Å². The maximum absolute atomic E-state index is 12.0. The highest BCUT2D eigenvalue weighted by molar-refractivity contribution is 5.99. The summed E-state index contributed by atoms with van der Waals surface area (Å²) in [4.78, 5) is 21.4. The predicted octanol–water partition coefficient (Wildman–Crippen LogP) is 4.30. The molecule has 3 aromatic rings. The van der Waals surface area contributed by atoms with Crippen LogP contribution in [0.4, 0.5) is 5.82 Å². The topological polar surface area (TPSA) is 88.9 Å². The van der Waals surface area contributed by atoms with Crippen LogP contribution in [-0.4, -0.2) is 52.2 Å². The van der Waals surface area contributed by atoms with E-state index in [4.69, 9.17) is 4.98 Å². The molecule has 2 fully saturated rings. The van der Waals surface area contributed by atoms with Crippen molar-refractivity contribution in [3.05, 3.63) is 53.4 Å². The minimum Gasteiger partial charge on any atom is -0.355 e. The van der Waals surface area contributed by atoms with Crippen molar-refractivity contribution < 1.29 is 4.79 Å². The number of benzene rings is 1. The second-order valence-corrected chi connectivity index (χ2v) is 10.4. The summed E-state index contributed by atoms with van der Waals surface area (Å²) in [6, 6.07) is 6.76. The van der Waals surface area contributed by atoms with Gasteiger partial charge >= 0.3 is 0 Å². The number of aryl methyl sites for hydroxylation is 2. The zero-order chi connectivity index (χ0) is 24.2. The van der Waals surface area contributed by atoms with Crippen molar-refractivity contribution in [1.29, 1.82) is 5.26 Å². The first-order valence-electron chi connectivity index (χ1n) is 12.6. The molecule has 0 bridgehead atoms. The maximum Gasteiger partial charge on any atom is 0.245 e. The lowest BCUT2D eigenvalue weighted by atomic mass is 9.79. The molecule has 1 N–H and O–H groups in total. The van der Waals surface area contributed by atoms with E-state index in [-0.39, 0.29) is 11.3 Å². The standard InChI is InChI=1S/C28H30N6O/c1-3-24(35)34-16-28(17-34)11-12-33(15-28)27-20(13-29)26(19-7-5-4-6-8-22(19)31-27)25-18(2)9-10-23-21(25)14-30-32-23/h3,9-10,14H,1,4-8,11-12,15-17H2,2H3,(H,30,32). The van der Waals surface area contributed by atoms with Crippen LogP contribution >= 0.6 is 0 Å². The van der Waals surface area contributed by atoms with Gasteiger partial charge in [-0.3, -0.25) is 9.89 Å². The number of aromatic amines is 1. The van der Waals surface area contributed by atoms with Gasteiger partial charge in [-0.1, -0.05) is 19.1 Å². The van der Waals surface area contributed by atoms with Crippen molar-refractivity contribution >= 4 is 22.6 Å². The van der Waals surface area contributed by atoms with Crippen LogP contribution in [0.2, 0.25) is 0 Å². The number of rotatable bonds is 3. The molecule has 0 radical (unpaired) electrons. The number of pyridine rings is 1. The fourth-order valence-corrected chi connectivity index (χ4v) is 6.40. The first kappa shape index (κ1) is 21.8. The fourth-order valence-electron chi connectivity index (χ4n) is 6.40. The molecule has 3 aliphatic rings. The smallest absolute Gasteiger partial charge is 0.245 e. The summed E-state index contributed by atoms with van der Waals surface area (Å²) in [5, 5.41) is 19.0. The lowest BCUT2D eigenvalue weighted by molar-refractivity contribution is -0.136. The molecule has 2 aromatic heterocycles. The number of anilines is 1. The van der Waals surface area contributed by atoms with Gasteiger partial charge in [0.2, 0.25) is 5.91 Å². The Labute approximate surface area is 205 Å². The molecule has 2 aliphatic heterocycles. The zero-order valence-electron chi connectivity index (χ0n) is 20.2. The Balaban J connectivity index is 1.49. The second kappa shape index (κ2) is 8.23. The van der Waals surface area contributed by atoms with E-state index >= 15 is 0 Å². The molecule has 7 nitrogen and oxygen atoms in total. The van der Waals surface area contributed by atoms with Crippen molar-refractivity contribution in [3.8, 4) is 17.2 Å². The fraction of sp³-hybridized carbons (Fsp3) is 0.429. The Morgan fingerprint density at radius 3 is 2.83 bits per heavy atom. The number of fused-ring (bicyclic) bond motifs is 2. The van der Waals surface area contributed by atoms with Crippen LogP contribution in [0.1, 0.15) is 48.1 Å². The number of nitriles is 1. The van der Waals surface area contributed by atoms with Crippen molar-refractivity contribution in [2.75, 3.05) is 31.1 Å². The number of hydrogen-bond acceptors (Lipinski definition) is 5. The Hall–Kier alpha value is -3.66. The van der Waals surface area contributed by atoms with E-state index in [1.165, 1.54) is 18.1 Å². The van der Waals surface area contributed by atoms with Crippen LogP contribution < -0.4 is 4.90 Å². The minimum atomic E-state index is 0.000845. The first-order chi connectivity index (χ1) is 17.0. The van der Waals surface area contributed by atoms with Gasteiger partial charge in [-0.05, 0) is 67.9 Å². The SMILES string of the molecule is C=CC(=O)N1CC2(CCN(c3nc4c(c(-c5c(C)ccc6[nH]ncc56)c3C#N)CCCCC4)C2)C1. The van der Waals surface area contributed by atoms with Gasteiger partial charge in [0.1, 0.15) is 17.5 Å². The van der Waals surface area contributed by atoms with Gasteiger partial charge in [0, 0.05) is 48.2 Å². The van der Waals surface area contributed by atoms with Crippen LogP contribution in [0.25, 0.3) is 22.0 Å². The van der Waals surface area contributed by atoms with E-state index in [1.54, 1.807) is 0 Å². The van der Waals surface area contributed by atoms with E-state index in [1.807, 2.05) is 11.1 Å². The summed E-state index contributed by atoms with van der Waals surface area (Å²) in [7, 11) is 0. The van der Waals surface area contributed by atoms with E-state index in [9.17, 15) is 10.1 Å². The third-order valence-corrected chi connectivity index (χ3v) is 8.18. The molecule has 1 amide bonds. The molecule has 1 aliphatic carbocycles. The Morgan fingerprint density at radius 2 is 2.03 bits per heavy atom. The summed E-state index contributed by atoms with van der Waals surface area (Å²) in [6.45, 7) is 8.92. The number of amides is 1. The van der Waals surface area contributed by atoms with E-state index in [0.29, 0.717) is 5.56 Å². The summed E-state index contributed by atoms with van der Waals surface area (Å²) < 4.78 is 0. The molecular formula is C28H30N6O. The minimum absolute atomic E-state index is 0.000845. The molecule has 178 valence electrons. The Kier molecular flexibility index (Phi) is 5.14. The molecule has 0 atom stereocenters. The van der Waals surface area contributed by atoms with Crippen molar-refractivity contribution in [3.63, 3.8) is 0 Å². The second-order valence-electron chi connectivity index (χ2n) is 10.4. The number of H-pyrrole nitrogens is 1. The number of likely N-dealkylation sites (tertiary alicyclic amines) is 1. The summed E-state index contributed by atoms with van der Waals surface area (Å²) >= 11 is 0. The van der Waals surface area contributed by atoms with Gasteiger partial charge in [0.05, 0.1) is 11.7 Å². The Morgan fingerprint density at radius 1 is 1.20 bits per heavy atom. The number of carbonyl (C=O) groups is 1. The van der Waals surface area contributed by atoms with Gasteiger partial charge in [-0.25, -0.2) is 4.98 Å². The average Bonchev–Trinajstić information content (AvgIpc) is 3.44. The predicted molar refractivity (Wildman–Crippen MR) is 136 cm³/mol. The highest BCUT2D eigenvalue weighted by Gasteiger charge is 2.49. The van der Waals surface area contributed by atoms with Crippen molar-refractivity contribution in [2.45, 2.75) is 45.4 Å². The lowest BCUT2D eigenvalue weighted by Crippen LogP contribution is -2.59. The molecule has 0 saturated carbocycles. The van der Waals surface area contributed by atoms with E-state index in [0.717, 1.165) is 97.4 Å². The molecule has 7 heteroatoms. The van der Waals surface area contributed by atoms with Gasteiger partial charge in [0.25, 0.3) is 0 Å². The number of nitrogens with zero attached hydrogens (tertiary/aromatic N) is 5. The quantitative estimate of drug-likeness (QED) is 0.459. The largest absolute Gasteiger partial charge is 0.355 e. The van der Waals surface area contributed by atoms with Crippen molar-refractivity contribution in [1.82, 2.24) is 20.1 Å². The van der Waals surface area contributed by atoms with Crippen LogP contribution in [-0.2, 0) is 17.6 Å². The van der Waals surface area contributed by atoms with Gasteiger partial charge in [0.15, 0.2) is 0 Å². The van der Waals surface area contributed by atoms with E-state index < -0.39 is 0 Å². The molecule has 6 rings (SSSR count). The average molecular weight is 467 g/mol. The molecule has 2 saturated heterocycles. The van der Waals surface area contributed by atoms with Crippen LogP contribution in [0.3, 0.4) is 0 Å². The number of nitrogens with one attached hydrogen (secondary N) is 1. The number of carbonyl (C=O) groups excluding carboxylic acids is 1. The third kappa shape index (κ3) is 3.43. The first-order valence-corrected chi connectivity index (χ1v) is 12.6. The summed E-state index contributed by atoms with van der Waals surface area (Å²) in [6.07, 6.45) is 9.60. The van der Waals surface area contributed by atoms with Gasteiger partial charge in [-0.2, -0.15) is 10.4 Å². The molecule has 1 aromatic carbocycles. The molecule has 0 unspecified atom stereocenters. The maximum atomic E-state index is 12.0. The number of hydrogen-bond donors (Lipinski definition) is 1. The lowest BCUT2D eigenvalue weighted by Gasteiger charge is -2.47.